The molecule has 1 aliphatic rings. The molecule has 1 saturated heterocycles. The van der Waals surface area contributed by atoms with Gasteiger partial charge in [0.15, 0.2) is 0 Å². The SMILES string of the molecule is COc1ccc(OC)c(CC(=O)NCCCN2CC(C)CC(C)C2)c1. The fourth-order valence-corrected chi connectivity index (χ4v) is 3.76. The second-order valence-electron chi connectivity index (χ2n) is 7.26. The van der Waals surface area contributed by atoms with E-state index in [0.29, 0.717) is 18.7 Å². The zero-order valence-corrected chi connectivity index (χ0v) is 16.0. The number of carbonyl (C=O) groups is 1. The van der Waals surface area contributed by atoms with Crippen molar-refractivity contribution in [2.75, 3.05) is 40.4 Å². The number of amides is 1. The minimum atomic E-state index is 0.0203. The molecule has 0 aromatic heterocycles. The summed E-state index contributed by atoms with van der Waals surface area (Å²) < 4.78 is 10.6. The molecule has 25 heavy (non-hydrogen) atoms. The number of hydrogen-bond acceptors (Lipinski definition) is 4. The lowest BCUT2D eigenvalue weighted by atomic mass is 9.92. The van der Waals surface area contributed by atoms with Crippen LogP contribution in [0, 0.1) is 11.8 Å². The summed E-state index contributed by atoms with van der Waals surface area (Å²) in [7, 11) is 3.23. The summed E-state index contributed by atoms with van der Waals surface area (Å²) in [6.45, 7) is 8.78. The van der Waals surface area contributed by atoms with E-state index < -0.39 is 0 Å². The third kappa shape index (κ3) is 6.24. The molecule has 0 spiro atoms. The molecule has 1 fully saturated rings. The van der Waals surface area contributed by atoms with Crippen molar-refractivity contribution in [1.82, 2.24) is 10.2 Å². The van der Waals surface area contributed by atoms with Crippen molar-refractivity contribution < 1.29 is 14.3 Å². The molecule has 1 aromatic carbocycles. The van der Waals surface area contributed by atoms with Gasteiger partial charge in [0, 0.05) is 25.2 Å². The van der Waals surface area contributed by atoms with Crippen molar-refractivity contribution in [3.8, 4) is 11.5 Å². The highest BCUT2D eigenvalue weighted by molar-refractivity contribution is 5.79. The van der Waals surface area contributed by atoms with Crippen LogP contribution in [0.15, 0.2) is 18.2 Å². The van der Waals surface area contributed by atoms with Gasteiger partial charge < -0.3 is 19.7 Å². The molecule has 0 radical (unpaired) electrons. The molecule has 0 aliphatic carbocycles. The van der Waals surface area contributed by atoms with E-state index in [2.05, 4.69) is 24.1 Å². The molecule has 1 aromatic rings. The fraction of sp³-hybridized carbons (Fsp3) is 0.650. The maximum absolute atomic E-state index is 12.2. The first-order chi connectivity index (χ1) is 12.0. The molecule has 2 atom stereocenters. The predicted octanol–water partition coefficient (Wildman–Crippen LogP) is 2.73. The Morgan fingerprint density at radius 3 is 2.56 bits per heavy atom. The Kier molecular flexibility index (Phi) is 7.56. The van der Waals surface area contributed by atoms with Gasteiger partial charge in [-0.1, -0.05) is 13.8 Å². The number of rotatable bonds is 8. The fourth-order valence-electron chi connectivity index (χ4n) is 3.76. The summed E-state index contributed by atoms with van der Waals surface area (Å²) in [5.41, 5.74) is 0.845. The first kappa shape index (κ1) is 19.6. The predicted molar refractivity (Wildman–Crippen MR) is 100 cm³/mol. The van der Waals surface area contributed by atoms with Crippen LogP contribution in [0.1, 0.15) is 32.3 Å². The van der Waals surface area contributed by atoms with Crippen LogP contribution in [0.25, 0.3) is 0 Å². The largest absolute Gasteiger partial charge is 0.497 e. The highest BCUT2D eigenvalue weighted by atomic mass is 16.5. The van der Waals surface area contributed by atoms with Gasteiger partial charge in [-0.05, 0) is 49.4 Å². The first-order valence-corrected chi connectivity index (χ1v) is 9.21. The highest BCUT2D eigenvalue weighted by Crippen LogP contribution is 2.24. The number of carbonyl (C=O) groups excluding carboxylic acids is 1. The number of nitrogens with zero attached hydrogens (tertiary/aromatic N) is 1. The Morgan fingerprint density at radius 2 is 1.92 bits per heavy atom. The molecule has 2 unspecified atom stereocenters. The van der Waals surface area contributed by atoms with E-state index in [0.717, 1.165) is 36.1 Å². The van der Waals surface area contributed by atoms with Crippen molar-refractivity contribution in [1.29, 1.82) is 0 Å². The van der Waals surface area contributed by atoms with E-state index in [-0.39, 0.29) is 5.91 Å². The second-order valence-corrected chi connectivity index (χ2v) is 7.26. The zero-order chi connectivity index (χ0) is 18.2. The summed E-state index contributed by atoms with van der Waals surface area (Å²) >= 11 is 0. The van der Waals surface area contributed by atoms with Gasteiger partial charge >= 0.3 is 0 Å². The maximum atomic E-state index is 12.2. The van der Waals surface area contributed by atoms with E-state index in [4.69, 9.17) is 9.47 Å². The number of ether oxygens (including phenoxy) is 2. The lowest BCUT2D eigenvalue weighted by molar-refractivity contribution is -0.120. The van der Waals surface area contributed by atoms with Gasteiger partial charge in [0.25, 0.3) is 0 Å². The summed E-state index contributed by atoms with van der Waals surface area (Å²) in [5, 5.41) is 3.02. The van der Waals surface area contributed by atoms with Crippen LogP contribution in [-0.4, -0.2) is 51.2 Å². The lowest BCUT2D eigenvalue weighted by Gasteiger charge is -2.34. The molecule has 1 heterocycles. The van der Waals surface area contributed by atoms with Crippen LogP contribution in [0.3, 0.4) is 0 Å². The van der Waals surface area contributed by atoms with Gasteiger partial charge in [-0.15, -0.1) is 0 Å². The van der Waals surface area contributed by atoms with E-state index in [1.165, 1.54) is 19.5 Å². The quantitative estimate of drug-likeness (QED) is 0.734. The lowest BCUT2D eigenvalue weighted by Crippen LogP contribution is -2.40. The van der Waals surface area contributed by atoms with Gasteiger partial charge in [0.2, 0.25) is 5.91 Å². The van der Waals surface area contributed by atoms with Gasteiger partial charge in [0.05, 0.1) is 20.6 Å². The van der Waals surface area contributed by atoms with E-state index in [1.807, 2.05) is 18.2 Å². The number of nitrogens with one attached hydrogen (secondary N) is 1. The topological polar surface area (TPSA) is 50.8 Å². The van der Waals surface area contributed by atoms with Gasteiger partial charge in [0.1, 0.15) is 11.5 Å². The Bertz CT molecular complexity index is 552. The Hall–Kier alpha value is -1.75. The van der Waals surface area contributed by atoms with Gasteiger partial charge in [-0.3, -0.25) is 4.79 Å². The van der Waals surface area contributed by atoms with Crippen LogP contribution >= 0.6 is 0 Å². The summed E-state index contributed by atoms with van der Waals surface area (Å²) in [5.74, 6) is 3.02. The molecular formula is C20H32N2O3. The normalized spacial score (nSPS) is 21.0. The van der Waals surface area contributed by atoms with Crippen molar-refractivity contribution in [3.63, 3.8) is 0 Å². The van der Waals surface area contributed by atoms with E-state index in [1.54, 1.807) is 14.2 Å². The monoisotopic (exact) mass is 348 g/mol. The Balaban J connectivity index is 1.74. The average molecular weight is 348 g/mol. The average Bonchev–Trinajstić information content (AvgIpc) is 2.58. The number of piperidine rings is 1. The molecule has 5 nitrogen and oxygen atoms in total. The van der Waals surface area contributed by atoms with E-state index in [9.17, 15) is 4.79 Å². The molecule has 2 rings (SSSR count). The summed E-state index contributed by atoms with van der Waals surface area (Å²) in [4.78, 5) is 14.7. The van der Waals surface area contributed by atoms with E-state index >= 15 is 0 Å². The minimum Gasteiger partial charge on any atom is -0.497 e. The zero-order valence-electron chi connectivity index (χ0n) is 16.0. The smallest absolute Gasteiger partial charge is 0.224 e. The minimum absolute atomic E-state index is 0.0203. The van der Waals surface area contributed by atoms with Crippen LogP contribution in [-0.2, 0) is 11.2 Å². The molecule has 1 N–H and O–H groups in total. The number of hydrogen-bond donors (Lipinski definition) is 1. The standard InChI is InChI=1S/C20H32N2O3/c1-15-10-16(2)14-22(13-15)9-5-8-21-20(23)12-17-11-18(24-3)6-7-19(17)25-4/h6-7,11,15-16H,5,8-10,12-14H2,1-4H3,(H,21,23). The van der Waals surface area contributed by atoms with Crippen molar-refractivity contribution >= 4 is 5.91 Å². The molecule has 5 heteroatoms. The molecular weight excluding hydrogens is 316 g/mol. The van der Waals surface area contributed by atoms with Crippen LogP contribution < -0.4 is 14.8 Å². The van der Waals surface area contributed by atoms with Crippen molar-refractivity contribution in [2.45, 2.75) is 33.1 Å². The van der Waals surface area contributed by atoms with Crippen LogP contribution in [0.4, 0.5) is 0 Å². The Morgan fingerprint density at radius 1 is 1.20 bits per heavy atom. The van der Waals surface area contributed by atoms with Crippen LogP contribution in [0.5, 0.6) is 11.5 Å². The van der Waals surface area contributed by atoms with Gasteiger partial charge in [-0.2, -0.15) is 0 Å². The maximum Gasteiger partial charge on any atom is 0.224 e. The van der Waals surface area contributed by atoms with Crippen LogP contribution in [0.2, 0.25) is 0 Å². The third-order valence-electron chi connectivity index (χ3n) is 4.76. The molecule has 1 amide bonds. The molecule has 140 valence electrons. The molecule has 0 saturated carbocycles. The Labute approximate surface area is 151 Å². The van der Waals surface area contributed by atoms with Crippen molar-refractivity contribution in [3.05, 3.63) is 23.8 Å². The number of likely N-dealkylation sites (tertiary alicyclic amines) is 1. The van der Waals surface area contributed by atoms with Crippen molar-refractivity contribution in [2.24, 2.45) is 11.8 Å². The second kappa shape index (κ2) is 9.66. The number of benzene rings is 1. The summed E-state index contributed by atoms with van der Waals surface area (Å²) in [6.07, 6.45) is 2.62. The van der Waals surface area contributed by atoms with Gasteiger partial charge in [-0.25, -0.2) is 0 Å². The number of methoxy groups -OCH3 is 2. The molecule has 0 bridgehead atoms. The first-order valence-electron chi connectivity index (χ1n) is 9.21. The summed E-state index contributed by atoms with van der Waals surface area (Å²) in [6, 6.07) is 5.52. The highest BCUT2D eigenvalue weighted by Gasteiger charge is 2.21. The third-order valence-corrected chi connectivity index (χ3v) is 4.76. The molecule has 1 aliphatic heterocycles.